The second kappa shape index (κ2) is 13.0. The van der Waals surface area contributed by atoms with Crippen molar-refractivity contribution in [2.24, 2.45) is 0 Å². The molecule has 9 nitrogen and oxygen atoms in total. The monoisotopic (exact) mass is 516 g/mol. The lowest BCUT2D eigenvalue weighted by atomic mass is 10.1. The van der Waals surface area contributed by atoms with Gasteiger partial charge in [-0.2, -0.15) is 13.2 Å². The van der Waals surface area contributed by atoms with Crippen molar-refractivity contribution in [2.45, 2.75) is 59.4 Å². The number of aliphatic carboxylic acids is 1. The van der Waals surface area contributed by atoms with Gasteiger partial charge in [0.05, 0.1) is 25.0 Å². The van der Waals surface area contributed by atoms with Gasteiger partial charge in [-0.15, -0.1) is 0 Å². The van der Waals surface area contributed by atoms with Gasteiger partial charge in [-0.1, -0.05) is 19.1 Å². The Morgan fingerprint density at radius 3 is 2.11 bits per heavy atom. The number of carbonyl (C=O) groups is 3. The van der Waals surface area contributed by atoms with Crippen LogP contribution >= 0.6 is 0 Å². The van der Waals surface area contributed by atoms with Gasteiger partial charge < -0.3 is 34.4 Å². The average molecular weight is 517 g/mol. The van der Waals surface area contributed by atoms with Crippen molar-refractivity contribution < 1.29 is 52.2 Å². The van der Waals surface area contributed by atoms with Gasteiger partial charge in [0.2, 0.25) is 0 Å². The third kappa shape index (κ3) is 8.91. The molecule has 2 aromatic rings. The fraction of sp³-hybridized carbons (Fsp3) is 0.458. The maximum absolute atomic E-state index is 12.7. The normalized spacial score (nSPS) is 11.2. The number of alkyl halides is 3. The van der Waals surface area contributed by atoms with Gasteiger partial charge in [-0.3, -0.25) is 0 Å². The number of nitrogens with one attached hydrogen (secondary N) is 1. The molecule has 0 radical (unpaired) electrons. The number of aromatic amines is 1. The standard InChI is InChI=1S/C22H30N2O5.C2HF3O2/c1-7-14-18(20(25)28-8-2)16(24-19(14)21(26)29-22(3,4)5)13-23-15-11-9-10-12-17(15)27-6;3-2(4,5)1(6)7/h9-12,23-24H,7-8,13H2,1-6H3;(H,6,7). The first-order valence-electron chi connectivity index (χ1n) is 11.0. The molecule has 3 N–H and O–H groups in total. The largest absolute Gasteiger partial charge is 0.542 e. The van der Waals surface area contributed by atoms with Gasteiger partial charge in [0.1, 0.15) is 23.8 Å². The van der Waals surface area contributed by atoms with Crippen molar-refractivity contribution in [3.8, 4) is 5.75 Å². The van der Waals surface area contributed by atoms with E-state index in [0.29, 0.717) is 35.5 Å². The molecule has 0 aliphatic heterocycles. The van der Waals surface area contributed by atoms with E-state index in [1.54, 1.807) is 14.0 Å². The molecule has 0 bridgehead atoms. The highest BCUT2D eigenvalue weighted by Gasteiger charge is 2.30. The van der Waals surface area contributed by atoms with Crippen molar-refractivity contribution in [3.63, 3.8) is 0 Å². The average Bonchev–Trinajstić information content (AvgIpc) is 3.15. The minimum absolute atomic E-state index is 0.255. The second-order valence-electron chi connectivity index (χ2n) is 8.34. The molecule has 0 atom stereocenters. The SMILES string of the molecule is CCOC(=O)c1c(C[NH2+]c2ccccc2OC)[nH]c(C(=O)OC(C)(C)C)c1CC.O=C([O-])C(F)(F)F. The molecule has 0 amide bonds. The number of aromatic nitrogens is 1. The third-order valence-corrected chi connectivity index (χ3v) is 4.51. The third-order valence-electron chi connectivity index (χ3n) is 4.51. The summed E-state index contributed by atoms with van der Waals surface area (Å²) in [6.07, 6.45) is -4.70. The number of quaternary nitrogens is 1. The molecular weight excluding hydrogens is 485 g/mol. The molecule has 36 heavy (non-hydrogen) atoms. The van der Waals surface area contributed by atoms with Crippen LogP contribution < -0.4 is 15.2 Å². The lowest BCUT2D eigenvalue weighted by Crippen LogP contribution is -2.76. The molecule has 1 aromatic heterocycles. The van der Waals surface area contributed by atoms with Crippen molar-refractivity contribution in [1.29, 1.82) is 0 Å². The van der Waals surface area contributed by atoms with Gasteiger partial charge in [0, 0.05) is 6.07 Å². The van der Waals surface area contributed by atoms with Crippen molar-refractivity contribution in [3.05, 3.63) is 46.8 Å². The van der Waals surface area contributed by atoms with Crippen LogP contribution in [0.15, 0.2) is 24.3 Å². The summed E-state index contributed by atoms with van der Waals surface area (Å²) in [6.45, 7) is 9.74. The smallest absolute Gasteiger partial charge is 0.430 e. The van der Waals surface area contributed by atoms with Crippen LogP contribution in [0.25, 0.3) is 0 Å². The first kappa shape index (κ1) is 30.5. The highest BCUT2D eigenvalue weighted by atomic mass is 19.4. The Hall–Kier alpha value is -3.54. The van der Waals surface area contributed by atoms with Gasteiger partial charge in [-0.05, 0) is 45.7 Å². The predicted octanol–water partition coefficient (Wildman–Crippen LogP) is 2.41. The number of rotatable bonds is 8. The Morgan fingerprint density at radius 1 is 1.06 bits per heavy atom. The summed E-state index contributed by atoms with van der Waals surface area (Å²) in [7, 11) is 1.61. The minimum Gasteiger partial charge on any atom is -0.542 e. The van der Waals surface area contributed by atoms with Crippen LogP contribution in [0.5, 0.6) is 5.75 Å². The topological polar surface area (TPSA) is 134 Å². The van der Waals surface area contributed by atoms with Crippen molar-refractivity contribution in [1.82, 2.24) is 4.98 Å². The number of esters is 2. The summed E-state index contributed by atoms with van der Waals surface area (Å²) in [5.41, 5.74) is 2.20. The van der Waals surface area contributed by atoms with E-state index in [4.69, 9.17) is 24.1 Å². The first-order chi connectivity index (χ1) is 16.7. The summed E-state index contributed by atoms with van der Waals surface area (Å²) in [5.74, 6) is -3.20. The number of halogens is 3. The number of hydrogen-bond donors (Lipinski definition) is 2. The summed E-state index contributed by atoms with van der Waals surface area (Å²) in [6, 6.07) is 7.61. The molecule has 12 heteroatoms. The molecule has 1 aromatic carbocycles. The Balaban J connectivity index is 0.000000809. The van der Waals surface area contributed by atoms with Crippen molar-refractivity contribution in [2.75, 3.05) is 13.7 Å². The van der Waals surface area contributed by atoms with E-state index in [1.807, 2.05) is 57.3 Å². The number of ether oxygens (including phenoxy) is 3. The highest BCUT2D eigenvalue weighted by Crippen LogP contribution is 2.24. The van der Waals surface area contributed by atoms with Gasteiger partial charge in [-0.25, -0.2) is 9.59 Å². The van der Waals surface area contributed by atoms with E-state index < -0.39 is 29.7 Å². The Morgan fingerprint density at radius 2 is 1.64 bits per heavy atom. The summed E-state index contributed by atoms with van der Waals surface area (Å²) >= 11 is 0. The number of benzene rings is 1. The van der Waals surface area contributed by atoms with E-state index in [0.717, 1.165) is 11.4 Å². The van der Waals surface area contributed by atoms with Crippen LogP contribution in [0.3, 0.4) is 0 Å². The van der Waals surface area contributed by atoms with Crippen LogP contribution in [0, 0.1) is 0 Å². The Bertz CT molecular complexity index is 1060. The molecule has 0 saturated carbocycles. The predicted molar refractivity (Wildman–Crippen MR) is 121 cm³/mol. The van der Waals surface area contributed by atoms with Crippen molar-refractivity contribution >= 4 is 23.6 Å². The number of carboxylic acid groups (broad SMARTS) is 1. The maximum atomic E-state index is 12.7. The zero-order valence-corrected chi connectivity index (χ0v) is 21.0. The molecule has 1 heterocycles. The number of carbonyl (C=O) groups excluding carboxylic acids is 3. The quantitative estimate of drug-likeness (QED) is 0.406. The molecular formula is C24H31F3N2O7. The molecule has 0 aliphatic rings. The number of H-pyrrole nitrogens is 1. The second-order valence-corrected chi connectivity index (χ2v) is 8.34. The number of hydrogen-bond acceptors (Lipinski definition) is 7. The fourth-order valence-electron chi connectivity index (χ4n) is 3.10. The Kier molecular flexibility index (Phi) is 11.0. The number of methoxy groups -OCH3 is 1. The van der Waals surface area contributed by atoms with Gasteiger partial charge in [0.15, 0.2) is 11.4 Å². The summed E-state index contributed by atoms with van der Waals surface area (Å²) in [4.78, 5) is 37.3. The fourth-order valence-corrected chi connectivity index (χ4v) is 3.10. The van der Waals surface area contributed by atoms with Crippen LogP contribution in [-0.2, 0) is 27.2 Å². The molecule has 2 rings (SSSR count). The molecule has 0 spiro atoms. The highest BCUT2D eigenvalue weighted by molar-refractivity contribution is 5.98. The lowest BCUT2D eigenvalue weighted by Gasteiger charge is -2.19. The van der Waals surface area contributed by atoms with E-state index >= 15 is 0 Å². The van der Waals surface area contributed by atoms with Crippen LogP contribution in [0.2, 0.25) is 0 Å². The molecule has 0 fully saturated rings. The van der Waals surface area contributed by atoms with E-state index in [-0.39, 0.29) is 6.61 Å². The molecule has 0 unspecified atom stereocenters. The first-order valence-corrected chi connectivity index (χ1v) is 11.0. The maximum Gasteiger partial charge on any atom is 0.430 e. The van der Waals surface area contributed by atoms with Gasteiger partial charge in [0.25, 0.3) is 0 Å². The number of nitrogens with two attached hydrogens (primary N) is 1. The van der Waals surface area contributed by atoms with Crippen LogP contribution in [-0.4, -0.2) is 48.4 Å². The number of para-hydroxylation sites is 2. The van der Waals surface area contributed by atoms with Gasteiger partial charge >= 0.3 is 18.1 Å². The Labute approximate surface area is 206 Å². The van der Waals surface area contributed by atoms with E-state index in [9.17, 15) is 22.8 Å². The van der Waals surface area contributed by atoms with E-state index in [2.05, 4.69) is 4.98 Å². The van der Waals surface area contributed by atoms with Crippen LogP contribution in [0.4, 0.5) is 18.9 Å². The summed E-state index contributed by atoms with van der Waals surface area (Å²) < 4.78 is 47.7. The van der Waals surface area contributed by atoms with E-state index in [1.165, 1.54) is 0 Å². The molecule has 200 valence electrons. The minimum atomic E-state index is -5.19. The zero-order valence-electron chi connectivity index (χ0n) is 21.0. The van der Waals surface area contributed by atoms with Crippen LogP contribution in [0.1, 0.15) is 66.7 Å². The zero-order chi connectivity index (χ0) is 27.7. The molecule has 0 aliphatic carbocycles. The molecule has 0 saturated heterocycles. The lowest BCUT2D eigenvalue weighted by molar-refractivity contribution is -0.589. The summed E-state index contributed by atoms with van der Waals surface area (Å²) in [5, 5.41) is 10.7. The number of carboxylic acids is 1.